The Labute approximate surface area is 106 Å². The third-order valence-corrected chi connectivity index (χ3v) is 4.28. The molecule has 5 heteroatoms. The molecular weight excluding hydrogens is 236 g/mol. The van der Waals surface area contributed by atoms with E-state index in [4.69, 9.17) is 0 Å². The van der Waals surface area contributed by atoms with Gasteiger partial charge in [-0.2, -0.15) is 0 Å². The van der Waals surface area contributed by atoms with Crippen molar-refractivity contribution in [3.05, 3.63) is 0 Å². The van der Waals surface area contributed by atoms with E-state index in [1.807, 2.05) is 0 Å². The third-order valence-electron chi connectivity index (χ3n) is 3.56. The summed E-state index contributed by atoms with van der Waals surface area (Å²) in [6, 6.07) is 0.615. The molecule has 3 atom stereocenters. The first-order valence-electron chi connectivity index (χ1n) is 6.56. The van der Waals surface area contributed by atoms with Crippen LogP contribution in [0.1, 0.15) is 39.5 Å². The van der Waals surface area contributed by atoms with Crippen LogP contribution in [-0.4, -0.2) is 33.8 Å². The van der Waals surface area contributed by atoms with Crippen LogP contribution in [0, 0.1) is 11.8 Å². The van der Waals surface area contributed by atoms with Gasteiger partial charge in [-0.3, -0.25) is 0 Å². The molecule has 1 aliphatic rings. The zero-order valence-electron chi connectivity index (χ0n) is 11.2. The first-order chi connectivity index (χ1) is 7.88. The van der Waals surface area contributed by atoms with Crippen LogP contribution in [0.2, 0.25) is 0 Å². The lowest BCUT2D eigenvalue weighted by Gasteiger charge is -2.33. The largest absolute Gasteiger partial charge is 0.314 e. The number of sulfonamides is 1. The van der Waals surface area contributed by atoms with Crippen molar-refractivity contribution in [2.24, 2.45) is 11.8 Å². The summed E-state index contributed by atoms with van der Waals surface area (Å²) >= 11 is 0. The molecule has 1 rings (SSSR count). The van der Waals surface area contributed by atoms with Gasteiger partial charge in [0.1, 0.15) is 0 Å². The van der Waals surface area contributed by atoms with E-state index in [0.717, 1.165) is 24.8 Å². The second kappa shape index (κ2) is 6.71. The minimum absolute atomic E-state index is 0.531. The van der Waals surface area contributed by atoms with Crippen molar-refractivity contribution in [2.45, 2.75) is 45.6 Å². The van der Waals surface area contributed by atoms with E-state index in [0.29, 0.717) is 12.6 Å². The normalized spacial score (nSPS) is 30.4. The van der Waals surface area contributed by atoms with E-state index >= 15 is 0 Å². The van der Waals surface area contributed by atoms with Crippen molar-refractivity contribution in [1.29, 1.82) is 0 Å². The molecule has 17 heavy (non-hydrogen) atoms. The summed E-state index contributed by atoms with van der Waals surface area (Å²) in [4.78, 5) is 0. The van der Waals surface area contributed by atoms with E-state index < -0.39 is 10.0 Å². The highest BCUT2D eigenvalue weighted by molar-refractivity contribution is 7.88. The van der Waals surface area contributed by atoms with Crippen LogP contribution >= 0.6 is 0 Å². The quantitative estimate of drug-likeness (QED) is 0.710. The summed E-state index contributed by atoms with van der Waals surface area (Å²) < 4.78 is 24.2. The Morgan fingerprint density at radius 1 is 1.18 bits per heavy atom. The molecule has 0 heterocycles. The van der Waals surface area contributed by atoms with Gasteiger partial charge in [-0.15, -0.1) is 0 Å². The van der Waals surface area contributed by atoms with Crippen LogP contribution in [0.15, 0.2) is 0 Å². The fourth-order valence-electron chi connectivity index (χ4n) is 2.60. The Kier molecular flexibility index (Phi) is 5.89. The lowest BCUT2D eigenvalue weighted by Crippen LogP contribution is -2.40. The highest BCUT2D eigenvalue weighted by Crippen LogP contribution is 2.28. The maximum Gasteiger partial charge on any atom is 0.208 e. The van der Waals surface area contributed by atoms with Gasteiger partial charge in [0.15, 0.2) is 0 Å². The van der Waals surface area contributed by atoms with Crippen molar-refractivity contribution in [3.63, 3.8) is 0 Å². The van der Waals surface area contributed by atoms with Gasteiger partial charge >= 0.3 is 0 Å². The number of hydrogen-bond donors (Lipinski definition) is 2. The molecule has 3 unspecified atom stereocenters. The zero-order valence-corrected chi connectivity index (χ0v) is 12.0. The average molecular weight is 262 g/mol. The third kappa shape index (κ3) is 6.38. The SMILES string of the molecule is CC1CCC(NCCCNS(C)(=O)=O)C(C)C1. The van der Waals surface area contributed by atoms with Gasteiger partial charge in [-0.1, -0.05) is 13.8 Å². The molecule has 1 fully saturated rings. The molecule has 0 spiro atoms. The first kappa shape index (κ1) is 14.9. The molecule has 0 aliphatic heterocycles. The van der Waals surface area contributed by atoms with E-state index in [-0.39, 0.29) is 0 Å². The van der Waals surface area contributed by atoms with Gasteiger partial charge < -0.3 is 5.32 Å². The Balaban J connectivity index is 2.10. The summed E-state index contributed by atoms with van der Waals surface area (Å²) in [6.07, 6.45) is 5.92. The summed E-state index contributed by atoms with van der Waals surface area (Å²) in [5.74, 6) is 1.59. The standard InChI is InChI=1S/C12H26N2O2S/c1-10-5-6-12(11(2)9-10)13-7-4-8-14-17(3,15)16/h10-14H,4-9H2,1-3H3. The molecule has 102 valence electrons. The predicted molar refractivity (Wildman–Crippen MR) is 71.4 cm³/mol. The fraction of sp³-hybridized carbons (Fsp3) is 1.00. The molecule has 4 nitrogen and oxygen atoms in total. The topological polar surface area (TPSA) is 58.2 Å². The van der Waals surface area contributed by atoms with E-state index in [1.54, 1.807) is 0 Å². The molecule has 0 aromatic rings. The Morgan fingerprint density at radius 2 is 1.88 bits per heavy atom. The van der Waals surface area contributed by atoms with E-state index in [9.17, 15) is 8.42 Å². The molecule has 1 aliphatic carbocycles. The smallest absolute Gasteiger partial charge is 0.208 e. The molecule has 0 radical (unpaired) electrons. The number of hydrogen-bond acceptors (Lipinski definition) is 3. The average Bonchev–Trinajstić information content (AvgIpc) is 2.18. The highest BCUT2D eigenvalue weighted by atomic mass is 32.2. The second-order valence-corrected chi connectivity index (χ2v) is 7.31. The van der Waals surface area contributed by atoms with Gasteiger partial charge in [0.25, 0.3) is 0 Å². The van der Waals surface area contributed by atoms with E-state index in [1.165, 1.54) is 25.5 Å². The number of rotatable bonds is 6. The van der Waals surface area contributed by atoms with Gasteiger partial charge in [0.05, 0.1) is 6.26 Å². The molecule has 1 saturated carbocycles. The first-order valence-corrected chi connectivity index (χ1v) is 8.45. The van der Waals surface area contributed by atoms with Crippen LogP contribution in [0.4, 0.5) is 0 Å². The van der Waals surface area contributed by atoms with Gasteiger partial charge in [-0.05, 0) is 44.1 Å². The number of nitrogens with one attached hydrogen (secondary N) is 2. The molecular formula is C12H26N2O2S. The van der Waals surface area contributed by atoms with Gasteiger partial charge in [0.2, 0.25) is 10.0 Å². The zero-order chi connectivity index (χ0) is 12.9. The Morgan fingerprint density at radius 3 is 2.47 bits per heavy atom. The molecule has 0 aromatic carbocycles. The van der Waals surface area contributed by atoms with Crippen LogP contribution in [-0.2, 0) is 10.0 Å². The Bertz CT molecular complexity index is 316. The van der Waals surface area contributed by atoms with Crippen molar-refractivity contribution >= 4 is 10.0 Å². The van der Waals surface area contributed by atoms with Crippen molar-refractivity contribution in [1.82, 2.24) is 10.0 Å². The molecule has 0 saturated heterocycles. The van der Waals surface area contributed by atoms with E-state index in [2.05, 4.69) is 23.9 Å². The van der Waals surface area contributed by atoms with Crippen molar-refractivity contribution in [2.75, 3.05) is 19.3 Å². The lowest BCUT2D eigenvalue weighted by atomic mass is 9.80. The Hall–Kier alpha value is -0.130. The van der Waals surface area contributed by atoms with Crippen molar-refractivity contribution in [3.8, 4) is 0 Å². The summed E-state index contributed by atoms with van der Waals surface area (Å²) in [5, 5.41) is 3.54. The predicted octanol–water partition coefficient (Wildman–Crippen LogP) is 1.34. The maximum absolute atomic E-state index is 10.9. The molecule has 2 N–H and O–H groups in total. The lowest BCUT2D eigenvalue weighted by molar-refractivity contribution is 0.228. The minimum Gasteiger partial charge on any atom is -0.314 e. The van der Waals surface area contributed by atoms with Crippen molar-refractivity contribution < 1.29 is 8.42 Å². The summed E-state index contributed by atoms with van der Waals surface area (Å²) in [6.45, 7) is 6.06. The minimum atomic E-state index is -3.03. The van der Waals surface area contributed by atoms with Crippen LogP contribution in [0.25, 0.3) is 0 Å². The summed E-state index contributed by atoms with van der Waals surface area (Å²) in [5.41, 5.74) is 0. The second-order valence-electron chi connectivity index (χ2n) is 5.48. The van der Waals surface area contributed by atoms with Gasteiger partial charge in [-0.25, -0.2) is 13.1 Å². The monoisotopic (exact) mass is 262 g/mol. The summed E-state index contributed by atoms with van der Waals surface area (Å²) in [7, 11) is -3.03. The van der Waals surface area contributed by atoms with Crippen LogP contribution < -0.4 is 10.0 Å². The highest BCUT2D eigenvalue weighted by Gasteiger charge is 2.24. The molecule has 0 aromatic heterocycles. The fourth-order valence-corrected chi connectivity index (χ4v) is 3.12. The molecule has 0 bridgehead atoms. The maximum atomic E-state index is 10.9. The van der Waals surface area contributed by atoms with Gasteiger partial charge in [0, 0.05) is 12.6 Å². The van der Waals surface area contributed by atoms with Crippen LogP contribution in [0.5, 0.6) is 0 Å². The van der Waals surface area contributed by atoms with Crippen LogP contribution in [0.3, 0.4) is 0 Å². The molecule has 0 amide bonds.